The maximum absolute atomic E-state index is 13.0. The lowest BCUT2D eigenvalue weighted by atomic mass is 10.2. The summed E-state index contributed by atoms with van der Waals surface area (Å²) in [4.78, 5) is -0.116. The van der Waals surface area contributed by atoms with Gasteiger partial charge in [0.25, 0.3) is 10.0 Å². The Bertz CT molecular complexity index is 847. The number of sulfonamides is 1. The monoisotopic (exact) mass is 325 g/mol. The van der Waals surface area contributed by atoms with Crippen LogP contribution in [-0.4, -0.2) is 8.42 Å². The van der Waals surface area contributed by atoms with Gasteiger partial charge in [-0.25, -0.2) is 12.8 Å². The number of rotatable bonds is 3. The highest BCUT2D eigenvalue weighted by molar-refractivity contribution is 7.92. The summed E-state index contributed by atoms with van der Waals surface area (Å²) >= 11 is 5.80. The van der Waals surface area contributed by atoms with Crippen molar-refractivity contribution >= 4 is 33.0 Å². The molecule has 3 N–H and O–H groups in total. The third-order valence-corrected chi connectivity index (χ3v) is 4.31. The first-order chi connectivity index (χ1) is 9.83. The van der Waals surface area contributed by atoms with Crippen LogP contribution < -0.4 is 10.5 Å². The minimum atomic E-state index is -3.91. The van der Waals surface area contributed by atoms with Crippen molar-refractivity contribution in [2.24, 2.45) is 0 Å². The van der Waals surface area contributed by atoms with E-state index in [2.05, 4.69) is 4.72 Å². The zero-order valence-electron chi connectivity index (χ0n) is 10.5. The van der Waals surface area contributed by atoms with Crippen LogP contribution in [0.25, 0.3) is 0 Å². The van der Waals surface area contributed by atoms with E-state index in [4.69, 9.17) is 22.6 Å². The average Bonchev–Trinajstić information content (AvgIpc) is 2.42. The Morgan fingerprint density at radius 1 is 1.24 bits per heavy atom. The van der Waals surface area contributed by atoms with Gasteiger partial charge in [-0.05, 0) is 36.4 Å². The summed E-state index contributed by atoms with van der Waals surface area (Å²) in [5.74, 6) is -0.639. The highest BCUT2D eigenvalue weighted by atomic mass is 35.5. The van der Waals surface area contributed by atoms with Gasteiger partial charge in [-0.1, -0.05) is 11.6 Å². The van der Waals surface area contributed by atoms with Crippen LogP contribution in [0.2, 0.25) is 5.02 Å². The van der Waals surface area contributed by atoms with Crippen molar-refractivity contribution in [3.05, 3.63) is 52.8 Å². The predicted molar refractivity (Wildman–Crippen MR) is 77.8 cm³/mol. The van der Waals surface area contributed by atoms with Crippen molar-refractivity contribution in [3.8, 4) is 6.07 Å². The number of anilines is 2. The number of nitrogen functional groups attached to an aromatic ring is 1. The fourth-order valence-electron chi connectivity index (χ4n) is 1.57. The number of hydrogen-bond donors (Lipinski definition) is 2. The van der Waals surface area contributed by atoms with Gasteiger partial charge in [0.2, 0.25) is 0 Å². The molecule has 5 nitrogen and oxygen atoms in total. The van der Waals surface area contributed by atoms with Gasteiger partial charge in [0, 0.05) is 0 Å². The number of nitrogens with one attached hydrogen (secondary N) is 1. The third kappa shape index (κ3) is 3.24. The van der Waals surface area contributed by atoms with Gasteiger partial charge >= 0.3 is 0 Å². The van der Waals surface area contributed by atoms with E-state index in [1.165, 1.54) is 18.2 Å². The Kier molecular flexibility index (Phi) is 4.02. The maximum Gasteiger partial charge on any atom is 0.261 e. The van der Waals surface area contributed by atoms with Crippen molar-refractivity contribution in [3.63, 3.8) is 0 Å². The lowest BCUT2D eigenvalue weighted by Gasteiger charge is -2.09. The molecule has 0 saturated heterocycles. The molecule has 21 heavy (non-hydrogen) atoms. The number of hydrogen-bond acceptors (Lipinski definition) is 4. The van der Waals surface area contributed by atoms with Crippen LogP contribution in [0.5, 0.6) is 0 Å². The van der Waals surface area contributed by atoms with Crippen LogP contribution in [0.4, 0.5) is 15.8 Å². The lowest BCUT2D eigenvalue weighted by Crippen LogP contribution is -2.13. The molecule has 0 amide bonds. The molecule has 0 unspecified atom stereocenters. The van der Waals surface area contributed by atoms with E-state index in [0.717, 1.165) is 18.2 Å². The Morgan fingerprint density at radius 2 is 1.95 bits per heavy atom. The standard InChI is InChI=1S/C13H9ClFN3O2S/c14-11-6-10(3-1-8(11)7-16)21(19,20)18-9-2-4-12(15)13(17)5-9/h1-6,18H,17H2. The van der Waals surface area contributed by atoms with Crippen molar-refractivity contribution in [2.75, 3.05) is 10.5 Å². The predicted octanol–water partition coefficient (Wildman–Crippen LogP) is 2.73. The normalized spacial score (nSPS) is 10.9. The van der Waals surface area contributed by atoms with Gasteiger partial charge in [0.05, 0.1) is 26.9 Å². The van der Waals surface area contributed by atoms with Gasteiger partial charge in [-0.2, -0.15) is 5.26 Å². The van der Waals surface area contributed by atoms with Gasteiger partial charge < -0.3 is 5.73 Å². The topological polar surface area (TPSA) is 96.0 Å². The Labute approximate surface area is 125 Å². The number of halogens is 2. The second-order valence-corrected chi connectivity index (χ2v) is 6.18. The summed E-state index contributed by atoms with van der Waals surface area (Å²) < 4.78 is 39.6. The van der Waals surface area contributed by atoms with Crippen LogP contribution >= 0.6 is 11.6 Å². The van der Waals surface area contributed by atoms with Gasteiger partial charge in [0.1, 0.15) is 11.9 Å². The van der Waals surface area contributed by atoms with Gasteiger partial charge in [0.15, 0.2) is 0 Å². The Morgan fingerprint density at radius 3 is 2.52 bits per heavy atom. The molecule has 0 heterocycles. The van der Waals surface area contributed by atoms with Crippen molar-refractivity contribution in [1.29, 1.82) is 5.26 Å². The molecule has 2 aromatic rings. The number of nitrogens with two attached hydrogens (primary N) is 1. The molecular formula is C13H9ClFN3O2S. The SMILES string of the molecule is N#Cc1ccc(S(=O)(=O)Nc2ccc(F)c(N)c2)cc1Cl. The summed E-state index contributed by atoms with van der Waals surface area (Å²) in [6, 6.07) is 9.01. The molecule has 0 saturated carbocycles. The first kappa shape index (κ1) is 15.1. The first-order valence-electron chi connectivity index (χ1n) is 5.61. The molecule has 8 heteroatoms. The second kappa shape index (κ2) is 5.60. The Hall–Kier alpha value is -2.30. The molecule has 0 aliphatic rings. The smallest absolute Gasteiger partial charge is 0.261 e. The molecule has 0 aromatic heterocycles. The summed E-state index contributed by atoms with van der Waals surface area (Å²) in [5, 5.41) is 8.78. The van der Waals surface area contributed by atoms with E-state index in [9.17, 15) is 12.8 Å². The fourth-order valence-corrected chi connectivity index (χ4v) is 2.94. The van der Waals surface area contributed by atoms with E-state index in [1.807, 2.05) is 6.07 Å². The summed E-state index contributed by atoms with van der Waals surface area (Å²) in [6.07, 6.45) is 0. The van der Waals surface area contributed by atoms with E-state index >= 15 is 0 Å². The quantitative estimate of drug-likeness (QED) is 0.848. The van der Waals surface area contributed by atoms with Crippen LogP contribution in [0.3, 0.4) is 0 Å². The summed E-state index contributed by atoms with van der Waals surface area (Å²) in [7, 11) is -3.91. The minimum Gasteiger partial charge on any atom is -0.396 e. The van der Waals surface area contributed by atoms with E-state index in [1.54, 1.807) is 0 Å². The molecule has 0 radical (unpaired) electrons. The average molecular weight is 326 g/mol. The van der Waals surface area contributed by atoms with E-state index in [0.29, 0.717) is 0 Å². The van der Waals surface area contributed by atoms with Crippen LogP contribution in [0.15, 0.2) is 41.3 Å². The highest BCUT2D eigenvalue weighted by Gasteiger charge is 2.16. The second-order valence-electron chi connectivity index (χ2n) is 4.10. The summed E-state index contributed by atoms with van der Waals surface area (Å²) in [5.41, 5.74) is 5.49. The molecule has 0 spiro atoms. The van der Waals surface area contributed by atoms with E-state index in [-0.39, 0.29) is 26.9 Å². The van der Waals surface area contributed by atoms with E-state index < -0.39 is 15.8 Å². The molecule has 0 aliphatic heterocycles. The first-order valence-corrected chi connectivity index (χ1v) is 7.47. The highest BCUT2D eigenvalue weighted by Crippen LogP contribution is 2.23. The zero-order valence-corrected chi connectivity index (χ0v) is 12.0. The molecule has 108 valence electrons. The number of nitrogens with zero attached hydrogens (tertiary/aromatic N) is 1. The number of nitriles is 1. The minimum absolute atomic E-state index is 0.0268. The maximum atomic E-state index is 13.0. The van der Waals surface area contributed by atoms with Gasteiger partial charge in [-0.3, -0.25) is 4.72 Å². The molecule has 2 rings (SSSR count). The molecule has 0 bridgehead atoms. The Balaban J connectivity index is 2.36. The van der Waals surface area contributed by atoms with Crippen LogP contribution in [0, 0.1) is 17.1 Å². The molecular weight excluding hydrogens is 317 g/mol. The molecule has 0 aliphatic carbocycles. The number of benzene rings is 2. The third-order valence-electron chi connectivity index (χ3n) is 2.62. The van der Waals surface area contributed by atoms with Gasteiger partial charge in [-0.15, -0.1) is 0 Å². The van der Waals surface area contributed by atoms with Crippen molar-refractivity contribution in [1.82, 2.24) is 0 Å². The van der Waals surface area contributed by atoms with Crippen molar-refractivity contribution < 1.29 is 12.8 Å². The molecule has 0 fully saturated rings. The molecule has 0 atom stereocenters. The molecule has 2 aromatic carbocycles. The largest absolute Gasteiger partial charge is 0.396 e. The lowest BCUT2D eigenvalue weighted by molar-refractivity contribution is 0.601. The fraction of sp³-hybridized carbons (Fsp3) is 0. The van der Waals surface area contributed by atoms with Crippen LogP contribution in [-0.2, 0) is 10.0 Å². The van der Waals surface area contributed by atoms with Crippen molar-refractivity contribution in [2.45, 2.75) is 4.90 Å². The summed E-state index contributed by atoms with van der Waals surface area (Å²) in [6.45, 7) is 0. The van der Waals surface area contributed by atoms with Crippen LogP contribution in [0.1, 0.15) is 5.56 Å². The zero-order chi connectivity index (χ0) is 15.6.